The Hall–Kier alpha value is -4.25. The number of hydrogen-bond donors (Lipinski definition) is 1. The van der Waals surface area contributed by atoms with Crippen LogP contribution in [0.3, 0.4) is 0 Å². The first-order chi connectivity index (χ1) is 19.0. The lowest BCUT2D eigenvalue weighted by Crippen LogP contribution is -2.52. The second-order valence-corrected chi connectivity index (χ2v) is 10.6. The van der Waals surface area contributed by atoms with Gasteiger partial charge in [-0.2, -0.15) is 0 Å². The van der Waals surface area contributed by atoms with E-state index in [1.54, 1.807) is 6.07 Å². The Kier molecular flexibility index (Phi) is 5.62. The average Bonchev–Trinajstić information content (AvgIpc) is 3.64. The van der Waals surface area contributed by atoms with Crippen LogP contribution in [0.4, 0.5) is 5.69 Å². The van der Waals surface area contributed by atoms with Crippen molar-refractivity contribution in [2.75, 3.05) is 44.3 Å². The maximum atomic E-state index is 13.7. The Balaban J connectivity index is 1.10. The van der Waals surface area contributed by atoms with Crippen molar-refractivity contribution in [3.63, 3.8) is 0 Å². The zero-order valence-corrected chi connectivity index (χ0v) is 21.7. The van der Waals surface area contributed by atoms with Crippen LogP contribution in [0.5, 0.6) is 5.75 Å². The van der Waals surface area contributed by atoms with Gasteiger partial charge in [0.05, 0.1) is 30.7 Å². The molecule has 5 heterocycles. The summed E-state index contributed by atoms with van der Waals surface area (Å²) >= 11 is 0. The highest BCUT2D eigenvalue weighted by molar-refractivity contribution is 6.03. The fraction of sp³-hybridized carbons (Fsp3) is 0.393. The Bertz CT molecular complexity index is 1560. The van der Waals surface area contributed by atoms with Gasteiger partial charge in [0.25, 0.3) is 5.91 Å². The summed E-state index contributed by atoms with van der Waals surface area (Å²) < 4.78 is 14.1. The zero-order valence-electron chi connectivity index (χ0n) is 21.7. The monoisotopic (exact) mass is 527 g/mol. The number of fused-ring (bicyclic) bond motifs is 2. The smallest absolute Gasteiger partial charge is 0.254 e. The standard InChI is InChI=1S/C28H29N7O4/c1-33-7-4-20-22(33)15-19(16-23(20)34-10-12-38-13-11-34)27(37)35-8-5-28(6-9-35)17-24(36)21-14-18(2-3-25(21)39-28)26-29-31-32-30-26/h2-4,7,14-16H,5-6,8-13,17H2,1H3,(H,29,30,31,32). The van der Waals surface area contributed by atoms with Crippen LogP contribution < -0.4 is 9.64 Å². The first-order valence-electron chi connectivity index (χ1n) is 13.3. The van der Waals surface area contributed by atoms with E-state index < -0.39 is 5.60 Å². The highest BCUT2D eigenvalue weighted by Crippen LogP contribution is 2.41. The van der Waals surface area contributed by atoms with E-state index in [1.165, 1.54) is 0 Å². The summed E-state index contributed by atoms with van der Waals surface area (Å²) in [5.41, 5.74) is 3.47. The molecule has 1 spiro atoms. The van der Waals surface area contributed by atoms with Gasteiger partial charge in [-0.05, 0) is 46.8 Å². The van der Waals surface area contributed by atoms with Gasteiger partial charge in [0, 0.05) is 74.5 Å². The lowest BCUT2D eigenvalue weighted by molar-refractivity contribution is -0.00569. The number of morpholine rings is 1. The van der Waals surface area contributed by atoms with Crippen LogP contribution in [0.25, 0.3) is 22.3 Å². The molecule has 0 radical (unpaired) electrons. The number of anilines is 1. The molecule has 2 saturated heterocycles. The second kappa shape index (κ2) is 9.19. The molecule has 2 aromatic heterocycles. The first-order valence-corrected chi connectivity index (χ1v) is 13.3. The van der Waals surface area contributed by atoms with E-state index in [-0.39, 0.29) is 18.1 Å². The SMILES string of the molecule is Cn1ccc2c(N3CCOCC3)cc(C(=O)N3CCC4(CC3)CC(=O)c3cc(-c5nnn[nH]5)ccc3O4)cc21. The molecule has 0 saturated carbocycles. The molecule has 7 rings (SSSR count). The number of tetrazole rings is 1. The molecule has 0 aliphatic carbocycles. The third-order valence-electron chi connectivity index (χ3n) is 8.25. The predicted molar refractivity (Wildman–Crippen MR) is 143 cm³/mol. The van der Waals surface area contributed by atoms with Gasteiger partial charge in [0.2, 0.25) is 0 Å². The van der Waals surface area contributed by atoms with E-state index in [0.717, 1.165) is 35.2 Å². The number of carbonyl (C=O) groups excluding carboxylic acids is 2. The lowest BCUT2D eigenvalue weighted by Gasteiger charge is -2.44. The third kappa shape index (κ3) is 4.13. The van der Waals surface area contributed by atoms with Crippen molar-refractivity contribution < 1.29 is 19.1 Å². The number of Topliss-reactive ketones (excluding diaryl/α,β-unsaturated/α-hetero) is 1. The minimum absolute atomic E-state index is 0.00954. The molecule has 1 N–H and O–H groups in total. The molecule has 0 bridgehead atoms. The number of carbonyl (C=O) groups is 2. The number of rotatable bonds is 3. The summed E-state index contributed by atoms with van der Waals surface area (Å²) in [7, 11) is 2.00. The second-order valence-electron chi connectivity index (χ2n) is 10.6. The Morgan fingerprint density at radius 3 is 2.64 bits per heavy atom. The summed E-state index contributed by atoms with van der Waals surface area (Å²) in [6.07, 6.45) is 3.52. The number of amides is 1. The van der Waals surface area contributed by atoms with Crippen molar-refractivity contribution >= 4 is 28.3 Å². The van der Waals surface area contributed by atoms with Gasteiger partial charge in [-0.1, -0.05) is 0 Å². The molecule has 3 aliphatic rings. The first kappa shape index (κ1) is 23.8. The van der Waals surface area contributed by atoms with Crippen molar-refractivity contribution in [1.82, 2.24) is 30.1 Å². The molecular weight excluding hydrogens is 498 g/mol. The summed E-state index contributed by atoms with van der Waals surface area (Å²) in [6.45, 7) is 4.03. The number of ketones is 1. The minimum Gasteiger partial charge on any atom is -0.486 e. The highest BCUT2D eigenvalue weighted by Gasteiger charge is 2.44. The van der Waals surface area contributed by atoms with Crippen molar-refractivity contribution in [3.05, 3.63) is 53.7 Å². The summed E-state index contributed by atoms with van der Waals surface area (Å²) in [6, 6.07) is 11.6. The molecular formula is C28H29N7O4. The summed E-state index contributed by atoms with van der Waals surface area (Å²) in [4.78, 5) is 31.1. The molecule has 39 heavy (non-hydrogen) atoms. The molecule has 0 unspecified atom stereocenters. The van der Waals surface area contributed by atoms with E-state index in [0.29, 0.717) is 61.8 Å². The topological polar surface area (TPSA) is 118 Å². The van der Waals surface area contributed by atoms with Crippen LogP contribution in [0.15, 0.2) is 42.6 Å². The van der Waals surface area contributed by atoms with Gasteiger partial charge < -0.3 is 23.8 Å². The van der Waals surface area contributed by atoms with Crippen LogP contribution in [-0.2, 0) is 11.8 Å². The van der Waals surface area contributed by atoms with Crippen LogP contribution in [0.1, 0.15) is 40.0 Å². The molecule has 3 aliphatic heterocycles. The number of aromatic nitrogens is 5. The van der Waals surface area contributed by atoms with Crippen LogP contribution >= 0.6 is 0 Å². The van der Waals surface area contributed by atoms with Gasteiger partial charge in [0.15, 0.2) is 11.6 Å². The molecule has 1 amide bonds. The number of hydrogen-bond acceptors (Lipinski definition) is 8. The number of benzene rings is 2. The number of aryl methyl sites for hydroxylation is 1. The maximum absolute atomic E-state index is 13.7. The number of likely N-dealkylation sites (tertiary alicyclic amines) is 1. The van der Waals surface area contributed by atoms with Gasteiger partial charge in [-0.25, -0.2) is 5.10 Å². The zero-order chi connectivity index (χ0) is 26.6. The lowest BCUT2D eigenvalue weighted by atomic mass is 9.82. The van der Waals surface area contributed by atoms with E-state index in [4.69, 9.17) is 9.47 Å². The number of ether oxygens (including phenoxy) is 2. The van der Waals surface area contributed by atoms with Crippen LogP contribution in [0.2, 0.25) is 0 Å². The van der Waals surface area contributed by atoms with Gasteiger partial charge in [-0.3, -0.25) is 9.59 Å². The molecule has 0 atom stereocenters. The highest BCUT2D eigenvalue weighted by atomic mass is 16.5. The van der Waals surface area contributed by atoms with Gasteiger partial charge in [0.1, 0.15) is 11.4 Å². The largest absolute Gasteiger partial charge is 0.486 e. The average molecular weight is 528 g/mol. The molecule has 200 valence electrons. The van der Waals surface area contributed by atoms with Crippen molar-refractivity contribution in [2.24, 2.45) is 7.05 Å². The van der Waals surface area contributed by atoms with Crippen molar-refractivity contribution in [3.8, 4) is 17.1 Å². The normalized spacial score (nSPS) is 18.8. The predicted octanol–water partition coefficient (Wildman–Crippen LogP) is 2.84. The third-order valence-corrected chi connectivity index (χ3v) is 8.25. The molecule has 11 heteroatoms. The number of nitrogens with zero attached hydrogens (tertiary/aromatic N) is 6. The number of H-pyrrole nitrogens is 1. The van der Waals surface area contributed by atoms with E-state index in [2.05, 4.69) is 36.2 Å². The van der Waals surface area contributed by atoms with E-state index >= 15 is 0 Å². The molecule has 2 fully saturated rings. The van der Waals surface area contributed by atoms with Gasteiger partial charge in [-0.15, -0.1) is 5.10 Å². The number of nitrogens with one attached hydrogen (secondary N) is 1. The van der Waals surface area contributed by atoms with E-state index in [9.17, 15) is 9.59 Å². The Labute approximate surface area is 224 Å². The summed E-state index contributed by atoms with van der Waals surface area (Å²) in [5.74, 6) is 1.12. The maximum Gasteiger partial charge on any atom is 0.254 e. The fourth-order valence-electron chi connectivity index (χ4n) is 6.04. The van der Waals surface area contributed by atoms with Crippen LogP contribution in [-0.4, -0.2) is 86.8 Å². The van der Waals surface area contributed by atoms with Crippen molar-refractivity contribution in [2.45, 2.75) is 24.9 Å². The number of piperidine rings is 1. The molecule has 4 aromatic rings. The van der Waals surface area contributed by atoms with Gasteiger partial charge >= 0.3 is 0 Å². The Morgan fingerprint density at radius 2 is 1.87 bits per heavy atom. The van der Waals surface area contributed by atoms with Crippen molar-refractivity contribution in [1.29, 1.82) is 0 Å². The Morgan fingerprint density at radius 1 is 1.05 bits per heavy atom. The minimum atomic E-state index is -0.600. The summed E-state index contributed by atoms with van der Waals surface area (Å²) in [5, 5.41) is 15.0. The van der Waals surface area contributed by atoms with Crippen LogP contribution in [0, 0.1) is 0 Å². The van der Waals surface area contributed by atoms with E-state index in [1.807, 2.05) is 42.4 Å². The number of aromatic amines is 1. The quantitative estimate of drug-likeness (QED) is 0.432. The molecule has 11 nitrogen and oxygen atoms in total. The fourth-order valence-corrected chi connectivity index (χ4v) is 6.04. The molecule has 2 aromatic carbocycles.